The third-order valence-corrected chi connectivity index (χ3v) is 6.30. The largest absolute Gasteiger partial charge is 0.489 e. The van der Waals surface area contributed by atoms with Crippen LogP contribution in [0.5, 0.6) is 11.5 Å². The SMILES string of the molecule is CN[C@@H](C)C/C=C/c1cncc(OC(C)C)c1.CN[C@@H](C)C/C=C/c1cncc(OC(C)C)c1.O=C(O)[C@@H](O)[C@H](O)[C@H](O)[C@@H](O)C(=O)O. The number of nitrogens with zero attached hydrogens (tertiary/aromatic N) is 2. The van der Waals surface area contributed by atoms with E-state index in [0.717, 1.165) is 35.5 Å². The van der Waals surface area contributed by atoms with Crippen LogP contribution in [0.15, 0.2) is 49.1 Å². The summed E-state index contributed by atoms with van der Waals surface area (Å²) in [6, 6.07) is 5.00. The van der Waals surface area contributed by atoms with E-state index < -0.39 is 36.4 Å². The van der Waals surface area contributed by atoms with Crippen molar-refractivity contribution < 1.29 is 49.7 Å². The van der Waals surface area contributed by atoms with Gasteiger partial charge in [-0.1, -0.05) is 24.3 Å². The molecule has 14 heteroatoms. The maximum Gasteiger partial charge on any atom is 0.335 e. The van der Waals surface area contributed by atoms with Crippen molar-refractivity contribution in [3.8, 4) is 11.5 Å². The predicted octanol–water partition coefficient (Wildman–Crippen LogP) is 2.36. The molecule has 0 aliphatic heterocycles. The Bertz CT molecular complexity index is 1160. The molecule has 0 radical (unpaired) electrons. The predicted molar refractivity (Wildman–Crippen MR) is 184 cm³/mol. The maximum atomic E-state index is 10.1. The van der Waals surface area contributed by atoms with Crippen LogP contribution in [-0.4, -0.2) is 115 Å². The van der Waals surface area contributed by atoms with Gasteiger partial charge in [0.1, 0.15) is 23.7 Å². The normalized spacial score (nSPS) is 15.0. The van der Waals surface area contributed by atoms with Gasteiger partial charge in [0.15, 0.2) is 12.2 Å². The number of hydrogen-bond donors (Lipinski definition) is 8. The molecule has 14 nitrogen and oxygen atoms in total. The number of nitrogens with one attached hydrogen (secondary N) is 2. The molecule has 2 aromatic heterocycles. The molecule has 0 spiro atoms. The molecule has 0 aliphatic rings. The van der Waals surface area contributed by atoms with E-state index >= 15 is 0 Å². The number of carboxylic acids is 2. The second kappa shape index (κ2) is 24.3. The summed E-state index contributed by atoms with van der Waals surface area (Å²) >= 11 is 0. The Labute approximate surface area is 283 Å². The van der Waals surface area contributed by atoms with Crippen molar-refractivity contribution in [3.63, 3.8) is 0 Å². The minimum Gasteiger partial charge on any atom is -0.489 e. The van der Waals surface area contributed by atoms with Gasteiger partial charge in [0.2, 0.25) is 0 Å². The van der Waals surface area contributed by atoms with Crippen molar-refractivity contribution in [2.75, 3.05) is 14.1 Å². The zero-order valence-corrected chi connectivity index (χ0v) is 29.0. The van der Waals surface area contributed by atoms with E-state index in [1.54, 1.807) is 12.4 Å². The number of aliphatic hydroxyl groups is 4. The van der Waals surface area contributed by atoms with Crippen molar-refractivity contribution in [2.24, 2.45) is 0 Å². The summed E-state index contributed by atoms with van der Waals surface area (Å²) in [6.07, 6.45) is 8.72. The Morgan fingerprint density at radius 2 is 1.00 bits per heavy atom. The van der Waals surface area contributed by atoms with Crippen LogP contribution < -0.4 is 20.1 Å². The molecule has 0 aliphatic carbocycles. The first-order valence-electron chi connectivity index (χ1n) is 15.6. The number of carbonyl (C=O) groups is 2. The highest BCUT2D eigenvalue weighted by atomic mass is 16.5. The number of pyridine rings is 2. The molecular formula is C34H54N4O10. The molecule has 0 amide bonds. The molecule has 0 aromatic carbocycles. The van der Waals surface area contributed by atoms with Crippen LogP contribution >= 0.6 is 0 Å². The van der Waals surface area contributed by atoms with Crippen molar-refractivity contribution in [1.29, 1.82) is 0 Å². The molecule has 8 N–H and O–H groups in total. The van der Waals surface area contributed by atoms with Gasteiger partial charge in [-0.15, -0.1) is 0 Å². The molecule has 2 rings (SSSR count). The maximum absolute atomic E-state index is 10.1. The fraction of sp³-hybridized carbons (Fsp3) is 0.529. The van der Waals surface area contributed by atoms with Gasteiger partial charge < -0.3 is 50.7 Å². The highest BCUT2D eigenvalue weighted by Gasteiger charge is 2.37. The minimum atomic E-state index is -2.36. The molecule has 0 saturated heterocycles. The number of hydrogen-bond acceptors (Lipinski definition) is 12. The van der Waals surface area contributed by atoms with Crippen LogP contribution in [0.1, 0.15) is 65.5 Å². The molecule has 2 aromatic rings. The number of ether oxygens (including phenoxy) is 2. The van der Waals surface area contributed by atoms with E-state index in [-0.39, 0.29) is 12.2 Å². The lowest BCUT2D eigenvalue weighted by atomic mass is 10.0. The van der Waals surface area contributed by atoms with Crippen molar-refractivity contribution >= 4 is 24.1 Å². The van der Waals surface area contributed by atoms with E-state index in [0.29, 0.717) is 12.1 Å². The summed E-state index contributed by atoms with van der Waals surface area (Å²) in [5.74, 6) is -2.03. The average Bonchev–Trinajstić information content (AvgIpc) is 3.03. The molecule has 270 valence electrons. The zero-order chi connectivity index (χ0) is 36.8. The van der Waals surface area contributed by atoms with E-state index in [9.17, 15) is 9.59 Å². The average molecular weight is 679 g/mol. The van der Waals surface area contributed by atoms with Gasteiger partial charge in [0.25, 0.3) is 0 Å². The summed E-state index contributed by atoms with van der Waals surface area (Å²) in [7, 11) is 3.94. The van der Waals surface area contributed by atoms with Crippen molar-refractivity contribution in [2.45, 2.75) is 103 Å². The summed E-state index contributed by atoms with van der Waals surface area (Å²) in [4.78, 5) is 28.5. The first-order chi connectivity index (χ1) is 22.5. The number of aliphatic hydroxyl groups excluding tert-OH is 4. The molecule has 0 bridgehead atoms. The quantitative estimate of drug-likeness (QED) is 0.120. The number of rotatable bonds is 17. The topological polar surface area (TPSA) is 224 Å². The van der Waals surface area contributed by atoms with Crippen molar-refractivity contribution in [3.05, 3.63) is 60.2 Å². The zero-order valence-electron chi connectivity index (χ0n) is 29.0. The Kier molecular flexibility index (Phi) is 22.3. The smallest absolute Gasteiger partial charge is 0.335 e. The minimum absolute atomic E-state index is 0.181. The van der Waals surface area contributed by atoms with Crippen LogP contribution in [0.25, 0.3) is 12.2 Å². The van der Waals surface area contributed by atoms with Gasteiger partial charge >= 0.3 is 11.9 Å². The summed E-state index contributed by atoms with van der Waals surface area (Å²) in [5, 5.41) is 57.8. The van der Waals surface area contributed by atoms with Crippen LogP contribution in [0.4, 0.5) is 0 Å². The number of carboxylic acid groups (broad SMARTS) is 2. The molecule has 0 unspecified atom stereocenters. The Morgan fingerprint density at radius 1 is 0.667 bits per heavy atom. The number of aromatic nitrogens is 2. The first-order valence-corrected chi connectivity index (χ1v) is 15.6. The summed E-state index contributed by atoms with van der Waals surface area (Å²) < 4.78 is 11.2. The summed E-state index contributed by atoms with van der Waals surface area (Å²) in [6.45, 7) is 12.4. The third kappa shape index (κ3) is 19.7. The van der Waals surface area contributed by atoms with Gasteiger partial charge in [0, 0.05) is 24.5 Å². The molecule has 6 atom stereocenters. The lowest BCUT2D eigenvalue weighted by molar-refractivity contribution is -0.172. The third-order valence-electron chi connectivity index (χ3n) is 6.30. The van der Waals surface area contributed by atoms with Crippen LogP contribution in [0.2, 0.25) is 0 Å². The molecule has 2 heterocycles. The first kappa shape index (κ1) is 44.1. The Balaban J connectivity index is 0.000000695. The van der Waals surface area contributed by atoms with Crippen molar-refractivity contribution in [1.82, 2.24) is 20.6 Å². The molecular weight excluding hydrogens is 624 g/mol. The monoisotopic (exact) mass is 678 g/mol. The summed E-state index contributed by atoms with van der Waals surface area (Å²) in [5.41, 5.74) is 2.15. The Morgan fingerprint density at radius 3 is 1.27 bits per heavy atom. The second-order valence-corrected chi connectivity index (χ2v) is 11.4. The fourth-order valence-corrected chi connectivity index (χ4v) is 3.44. The van der Waals surface area contributed by atoms with Crippen LogP contribution in [0, 0.1) is 0 Å². The van der Waals surface area contributed by atoms with E-state index in [1.807, 2.05) is 66.3 Å². The molecule has 0 saturated carbocycles. The van der Waals surface area contributed by atoms with Gasteiger partial charge in [-0.25, -0.2) is 9.59 Å². The van der Waals surface area contributed by atoms with Crippen LogP contribution in [0.3, 0.4) is 0 Å². The molecule has 48 heavy (non-hydrogen) atoms. The number of aliphatic carboxylic acids is 2. The van der Waals surface area contributed by atoms with Gasteiger partial charge in [-0.2, -0.15) is 0 Å². The van der Waals surface area contributed by atoms with Gasteiger partial charge in [0.05, 0.1) is 24.6 Å². The van der Waals surface area contributed by atoms with Crippen LogP contribution in [-0.2, 0) is 9.59 Å². The fourth-order valence-electron chi connectivity index (χ4n) is 3.44. The lowest BCUT2D eigenvalue weighted by Gasteiger charge is -2.21. The highest BCUT2D eigenvalue weighted by molar-refractivity contribution is 5.75. The molecule has 0 fully saturated rings. The standard InChI is InChI=1S/2C14H22N2O.C6H10O8/c2*1-11(2)17-14-8-13(9-16-10-14)7-5-6-12(3)15-4;7-1(3(9)5(11)12)2(8)4(10)6(13)14/h2*5,7-12,15H,6H2,1-4H3;1-4,7-10H,(H,11,12)(H,13,14)/b2*7-5+;/t2*12-;1-,2+,3+,4-/m00./s1. The Hall–Kier alpha value is -3.92. The lowest BCUT2D eigenvalue weighted by Crippen LogP contribution is -2.49. The van der Waals surface area contributed by atoms with Gasteiger partial charge in [-0.3, -0.25) is 9.97 Å². The van der Waals surface area contributed by atoms with Gasteiger partial charge in [-0.05, 0) is 91.7 Å². The highest BCUT2D eigenvalue weighted by Crippen LogP contribution is 2.15. The second-order valence-electron chi connectivity index (χ2n) is 11.4. The van der Waals surface area contributed by atoms with E-state index in [2.05, 4.69) is 58.8 Å². The van der Waals surface area contributed by atoms with E-state index in [1.165, 1.54) is 0 Å². The van der Waals surface area contributed by atoms with E-state index in [4.69, 9.17) is 40.1 Å².